The summed E-state index contributed by atoms with van der Waals surface area (Å²) < 4.78 is 19.7. The van der Waals surface area contributed by atoms with Gasteiger partial charge >= 0.3 is 12.0 Å². The summed E-state index contributed by atoms with van der Waals surface area (Å²) in [6.07, 6.45) is 10.3. The van der Waals surface area contributed by atoms with E-state index in [9.17, 15) is 14.0 Å². The molecule has 192 valence electrons. The van der Waals surface area contributed by atoms with Crippen LogP contribution in [0.25, 0.3) is 0 Å². The Bertz CT molecular complexity index is 972. The fourth-order valence-electron chi connectivity index (χ4n) is 8.71. The van der Waals surface area contributed by atoms with Gasteiger partial charge in [0.25, 0.3) is 0 Å². The van der Waals surface area contributed by atoms with Crippen LogP contribution in [0.15, 0.2) is 18.2 Å². The first kappa shape index (κ1) is 24.5. The van der Waals surface area contributed by atoms with Gasteiger partial charge in [-0.1, -0.05) is 19.9 Å². The zero-order valence-electron chi connectivity index (χ0n) is 21.3. The van der Waals surface area contributed by atoms with Crippen LogP contribution in [0.1, 0.15) is 83.6 Å². The molecule has 0 aliphatic heterocycles. The number of hydrogen-bond acceptors (Lipinski definition) is 4. The smallest absolute Gasteiger partial charge is 0.319 e. The number of amides is 2. The lowest BCUT2D eigenvalue weighted by Crippen LogP contribution is -2.65. The number of carbonyl (C=O) groups excluding carboxylic acids is 2. The highest BCUT2D eigenvalue weighted by molar-refractivity contribution is 5.90. The molecule has 6 nitrogen and oxygen atoms in total. The van der Waals surface area contributed by atoms with E-state index in [0.29, 0.717) is 29.3 Å². The fourth-order valence-corrected chi connectivity index (χ4v) is 8.71. The second kappa shape index (κ2) is 9.06. The van der Waals surface area contributed by atoms with E-state index < -0.39 is 5.82 Å². The number of methoxy groups -OCH3 is 1. The normalized spacial score (nSPS) is 37.7. The van der Waals surface area contributed by atoms with Crippen molar-refractivity contribution in [1.29, 1.82) is 0 Å². The first-order valence-corrected chi connectivity index (χ1v) is 13.3. The van der Waals surface area contributed by atoms with Gasteiger partial charge in [0.1, 0.15) is 5.82 Å². The van der Waals surface area contributed by atoms with E-state index in [4.69, 9.17) is 4.74 Å². The van der Waals surface area contributed by atoms with E-state index in [1.165, 1.54) is 32.4 Å². The first-order valence-electron chi connectivity index (χ1n) is 13.3. The molecular weight excluding hydrogens is 445 g/mol. The topological polar surface area (TPSA) is 79.5 Å². The van der Waals surface area contributed by atoms with Crippen molar-refractivity contribution >= 4 is 17.7 Å². The van der Waals surface area contributed by atoms with Crippen LogP contribution >= 0.6 is 0 Å². The van der Waals surface area contributed by atoms with Gasteiger partial charge in [-0.15, -0.1) is 0 Å². The molecule has 5 fully saturated rings. The van der Waals surface area contributed by atoms with Gasteiger partial charge in [0.15, 0.2) is 0 Å². The largest absolute Gasteiger partial charge is 0.469 e. The second-order valence-corrected chi connectivity index (χ2v) is 12.8. The monoisotopic (exact) mass is 485 g/mol. The summed E-state index contributed by atoms with van der Waals surface area (Å²) in [5, 5.41) is 9.54. The summed E-state index contributed by atoms with van der Waals surface area (Å²) in [5.74, 6) is 0.138. The van der Waals surface area contributed by atoms with Gasteiger partial charge in [-0.2, -0.15) is 0 Å². The fraction of sp³-hybridized carbons (Fsp3) is 0.714. The van der Waals surface area contributed by atoms with Crippen LogP contribution in [0.2, 0.25) is 0 Å². The standard InChI is InChI=1S/C28H40FN3O3/c1-26-11-19-12-27(2,15-26)17-28(13-19,16-26)32-25(34)31-23-9-4-18(10-22(23)29)14-30-21-7-5-20(6-8-21)24(33)35-3/h4,9-10,19-21,30H,5-8,11-17H2,1-3H3,(H2,31,32,34)/t19?,20?,21?,26-,27+,28?. The summed E-state index contributed by atoms with van der Waals surface area (Å²) >= 11 is 0. The van der Waals surface area contributed by atoms with Crippen LogP contribution in [0, 0.1) is 28.5 Å². The Balaban J connectivity index is 1.14. The molecule has 1 aromatic carbocycles. The lowest BCUT2D eigenvalue weighted by atomic mass is 9.43. The molecule has 2 unspecified atom stereocenters. The molecule has 6 rings (SSSR count). The Morgan fingerprint density at radius 3 is 2.31 bits per heavy atom. The minimum atomic E-state index is -0.418. The second-order valence-electron chi connectivity index (χ2n) is 12.8. The molecule has 0 radical (unpaired) electrons. The van der Waals surface area contributed by atoms with E-state index in [-0.39, 0.29) is 29.1 Å². The number of esters is 1. The van der Waals surface area contributed by atoms with Crippen LogP contribution in [0.4, 0.5) is 14.9 Å². The summed E-state index contributed by atoms with van der Waals surface area (Å²) in [7, 11) is 1.44. The molecule has 1 aromatic rings. The first-order chi connectivity index (χ1) is 16.6. The Labute approximate surface area is 208 Å². The minimum Gasteiger partial charge on any atom is -0.469 e. The van der Waals surface area contributed by atoms with E-state index >= 15 is 0 Å². The molecule has 0 aromatic heterocycles. The molecule has 0 saturated heterocycles. The van der Waals surface area contributed by atoms with E-state index in [2.05, 4.69) is 29.8 Å². The molecule has 2 amide bonds. The Morgan fingerprint density at radius 1 is 1.03 bits per heavy atom. The number of nitrogens with one attached hydrogen (secondary N) is 3. The molecule has 3 N–H and O–H groups in total. The van der Waals surface area contributed by atoms with Crippen molar-refractivity contribution in [2.45, 2.75) is 96.2 Å². The summed E-state index contributed by atoms with van der Waals surface area (Å²) in [6, 6.07) is 5.02. The molecule has 5 aliphatic carbocycles. The maximum absolute atomic E-state index is 14.9. The predicted octanol–water partition coefficient (Wildman–Crippen LogP) is 5.52. The van der Waals surface area contributed by atoms with Crippen molar-refractivity contribution in [1.82, 2.24) is 10.6 Å². The van der Waals surface area contributed by atoms with Crippen molar-refractivity contribution in [3.63, 3.8) is 0 Å². The third-order valence-corrected chi connectivity index (χ3v) is 9.14. The van der Waals surface area contributed by atoms with Crippen LogP contribution < -0.4 is 16.0 Å². The van der Waals surface area contributed by atoms with Gasteiger partial charge < -0.3 is 20.7 Å². The zero-order valence-corrected chi connectivity index (χ0v) is 21.3. The summed E-state index contributed by atoms with van der Waals surface area (Å²) in [5.41, 5.74) is 1.50. The SMILES string of the molecule is COC(=O)C1CCC(NCc2ccc(NC(=O)NC34CC5C[C@@](C)(C3)C[C@](C)(C5)C4)c(F)c2)CC1. The Morgan fingerprint density at radius 2 is 1.71 bits per heavy atom. The highest BCUT2D eigenvalue weighted by Gasteiger charge is 2.60. The molecular formula is C28H40FN3O3. The summed E-state index contributed by atoms with van der Waals surface area (Å²) in [6.45, 7) is 5.31. The molecule has 35 heavy (non-hydrogen) atoms. The third kappa shape index (κ3) is 5.20. The number of halogens is 1. The maximum atomic E-state index is 14.9. The van der Waals surface area contributed by atoms with Crippen LogP contribution in [-0.2, 0) is 16.1 Å². The number of ether oxygens (including phenoxy) is 1. The van der Waals surface area contributed by atoms with E-state index in [1.807, 2.05) is 6.07 Å². The number of hydrogen-bond donors (Lipinski definition) is 3. The van der Waals surface area contributed by atoms with Gasteiger partial charge in [0.05, 0.1) is 18.7 Å². The average molecular weight is 486 g/mol. The molecule has 7 heteroatoms. The van der Waals surface area contributed by atoms with E-state index in [0.717, 1.165) is 50.5 Å². The number of benzene rings is 1. The zero-order chi connectivity index (χ0) is 24.8. The summed E-state index contributed by atoms with van der Waals surface area (Å²) in [4.78, 5) is 24.6. The van der Waals surface area contributed by atoms with Gasteiger partial charge in [-0.25, -0.2) is 9.18 Å². The highest BCUT2D eigenvalue weighted by Crippen LogP contribution is 2.66. The van der Waals surface area contributed by atoms with Gasteiger partial charge in [-0.3, -0.25) is 4.79 Å². The van der Waals surface area contributed by atoms with Crippen molar-refractivity contribution in [3.8, 4) is 0 Å². The lowest BCUT2D eigenvalue weighted by Gasteiger charge is -2.65. The minimum absolute atomic E-state index is 0.00357. The quantitative estimate of drug-likeness (QED) is 0.464. The van der Waals surface area contributed by atoms with Crippen molar-refractivity contribution in [3.05, 3.63) is 29.6 Å². The van der Waals surface area contributed by atoms with Crippen molar-refractivity contribution in [2.24, 2.45) is 22.7 Å². The maximum Gasteiger partial charge on any atom is 0.319 e. The van der Waals surface area contributed by atoms with Crippen LogP contribution in [-0.4, -0.2) is 30.7 Å². The predicted molar refractivity (Wildman–Crippen MR) is 133 cm³/mol. The Hall–Kier alpha value is -2.15. The van der Waals surface area contributed by atoms with E-state index in [1.54, 1.807) is 6.07 Å². The van der Waals surface area contributed by atoms with Gasteiger partial charge in [0, 0.05) is 18.1 Å². The molecule has 0 heterocycles. The van der Waals surface area contributed by atoms with Crippen molar-refractivity contribution in [2.75, 3.05) is 12.4 Å². The number of carbonyl (C=O) groups is 2. The number of urea groups is 1. The highest BCUT2D eigenvalue weighted by atomic mass is 19.1. The van der Waals surface area contributed by atoms with Gasteiger partial charge in [-0.05, 0) is 98.7 Å². The molecule has 5 aliphatic rings. The molecule has 4 bridgehead atoms. The number of anilines is 1. The van der Waals surface area contributed by atoms with Crippen LogP contribution in [0.3, 0.4) is 0 Å². The number of rotatable bonds is 6. The molecule has 4 atom stereocenters. The molecule has 0 spiro atoms. The molecule has 5 saturated carbocycles. The van der Waals surface area contributed by atoms with Crippen molar-refractivity contribution < 1.29 is 18.7 Å². The lowest BCUT2D eigenvalue weighted by molar-refractivity contribution is -0.146. The average Bonchev–Trinajstić information content (AvgIpc) is 2.76. The third-order valence-electron chi connectivity index (χ3n) is 9.14. The Kier molecular flexibility index (Phi) is 6.35. The van der Waals surface area contributed by atoms with Gasteiger partial charge in [0.2, 0.25) is 0 Å². The van der Waals surface area contributed by atoms with Crippen LogP contribution in [0.5, 0.6) is 0 Å².